The second kappa shape index (κ2) is 6.99. The van der Waals surface area contributed by atoms with Crippen LogP contribution in [0.25, 0.3) is 0 Å². The van der Waals surface area contributed by atoms with Gasteiger partial charge >= 0.3 is 0 Å². The molecule has 0 N–H and O–H groups in total. The van der Waals surface area contributed by atoms with Gasteiger partial charge < -0.3 is 9.26 Å². The van der Waals surface area contributed by atoms with Crippen molar-refractivity contribution in [3.63, 3.8) is 0 Å². The Labute approximate surface area is 132 Å². The maximum Gasteiger partial charge on any atom is 0.290 e. The van der Waals surface area contributed by atoms with Crippen LogP contribution in [0.1, 0.15) is 5.56 Å². The Morgan fingerprint density at radius 1 is 0.955 bits per heavy atom. The molecule has 0 saturated carbocycles. The predicted octanol–water partition coefficient (Wildman–Crippen LogP) is 3.51. The van der Waals surface area contributed by atoms with Crippen molar-refractivity contribution in [2.75, 3.05) is 27.5 Å². The molecular formula is C17H22NO3P. The van der Waals surface area contributed by atoms with Gasteiger partial charge in [0, 0.05) is 5.30 Å². The highest BCUT2D eigenvalue weighted by Gasteiger charge is 2.28. The first-order valence-corrected chi connectivity index (χ1v) is 8.88. The van der Waals surface area contributed by atoms with E-state index in [0.29, 0.717) is 12.0 Å². The Morgan fingerprint density at radius 3 is 2.00 bits per heavy atom. The number of methoxy groups -OCH3 is 1. The molecule has 0 amide bonds. The summed E-state index contributed by atoms with van der Waals surface area (Å²) in [4.78, 5) is 1.88. The minimum atomic E-state index is -3.01. The van der Waals surface area contributed by atoms with Gasteiger partial charge in [0.2, 0.25) is 0 Å². The number of hydrogen-bond acceptors (Lipinski definition) is 4. The maximum atomic E-state index is 13.4. The summed E-state index contributed by atoms with van der Waals surface area (Å²) in [7, 11) is 2.38. The van der Waals surface area contributed by atoms with Gasteiger partial charge in [0.1, 0.15) is 11.5 Å². The van der Waals surface area contributed by atoms with E-state index in [1.54, 1.807) is 31.4 Å². The van der Waals surface area contributed by atoms with Gasteiger partial charge in [0.15, 0.2) is 0 Å². The van der Waals surface area contributed by atoms with E-state index in [1.165, 1.54) is 0 Å². The zero-order valence-corrected chi connectivity index (χ0v) is 14.3. The van der Waals surface area contributed by atoms with Crippen molar-refractivity contribution in [3.8, 4) is 11.5 Å². The maximum absolute atomic E-state index is 13.4. The fourth-order valence-electron chi connectivity index (χ4n) is 2.11. The molecule has 0 saturated heterocycles. The van der Waals surface area contributed by atoms with E-state index < -0.39 is 7.37 Å². The molecule has 1 unspecified atom stereocenters. The Kier molecular flexibility index (Phi) is 5.28. The Balaban J connectivity index is 2.32. The highest BCUT2D eigenvalue weighted by molar-refractivity contribution is 7.67. The SMILES string of the molecule is COc1ccc(OP(=O)(CN(C)C)c2ccc(C)cc2)cc1. The summed E-state index contributed by atoms with van der Waals surface area (Å²) in [6.45, 7) is 2.00. The summed E-state index contributed by atoms with van der Waals surface area (Å²) in [6, 6.07) is 14.8. The van der Waals surface area contributed by atoms with E-state index in [2.05, 4.69) is 0 Å². The monoisotopic (exact) mass is 319 g/mol. The van der Waals surface area contributed by atoms with Gasteiger partial charge in [-0.1, -0.05) is 17.7 Å². The largest absolute Gasteiger partial charge is 0.497 e. The molecule has 0 bridgehead atoms. The molecule has 0 spiro atoms. The fourth-order valence-corrected chi connectivity index (χ4v) is 4.25. The van der Waals surface area contributed by atoms with E-state index in [1.807, 2.05) is 50.2 Å². The third-order valence-electron chi connectivity index (χ3n) is 3.21. The first kappa shape index (κ1) is 16.6. The van der Waals surface area contributed by atoms with Gasteiger partial charge in [-0.25, -0.2) is 0 Å². The smallest absolute Gasteiger partial charge is 0.290 e. The zero-order valence-electron chi connectivity index (χ0n) is 13.4. The number of hydrogen-bond donors (Lipinski definition) is 0. The van der Waals surface area contributed by atoms with Gasteiger partial charge in [-0.15, -0.1) is 0 Å². The summed E-state index contributed by atoms with van der Waals surface area (Å²) in [5.41, 5.74) is 1.13. The standard InChI is InChI=1S/C17H22NO3P/c1-14-5-11-17(12-6-14)22(19,13-18(2)3)21-16-9-7-15(20-4)8-10-16/h5-12H,13H2,1-4H3. The van der Waals surface area contributed by atoms with Crippen LogP contribution in [0.3, 0.4) is 0 Å². The minimum Gasteiger partial charge on any atom is -0.497 e. The number of rotatable bonds is 6. The van der Waals surface area contributed by atoms with Crippen molar-refractivity contribution in [1.29, 1.82) is 0 Å². The quantitative estimate of drug-likeness (QED) is 0.764. The van der Waals surface area contributed by atoms with Crippen molar-refractivity contribution >= 4 is 12.7 Å². The first-order valence-electron chi connectivity index (χ1n) is 7.07. The lowest BCUT2D eigenvalue weighted by molar-refractivity contribution is 0.412. The predicted molar refractivity (Wildman–Crippen MR) is 90.6 cm³/mol. The van der Waals surface area contributed by atoms with Crippen LogP contribution in [-0.4, -0.2) is 32.4 Å². The van der Waals surface area contributed by atoms with Crippen LogP contribution >= 0.6 is 7.37 Å². The van der Waals surface area contributed by atoms with Gasteiger partial charge in [-0.05, 0) is 57.4 Å². The molecule has 0 aliphatic rings. The summed E-state index contributed by atoms with van der Waals surface area (Å²) < 4.78 is 24.4. The number of aryl methyl sites for hydroxylation is 1. The molecule has 0 aliphatic heterocycles. The molecule has 0 fully saturated rings. The molecule has 2 aromatic rings. The highest BCUT2D eigenvalue weighted by atomic mass is 31.2. The second-order valence-corrected chi connectivity index (χ2v) is 7.83. The Bertz CT molecular complexity index is 651. The van der Waals surface area contributed by atoms with E-state index >= 15 is 0 Å². The fraction of sp³-hybridized carbons (Fsp3) is 0.294. The lowest BCUT2D eigenvalue weighted by Gasteiger charge is -2.23. The van der Waals surface area contributed by atoms with E-state index in [-0.39, 0.29) is 0 Å². The molecule has 1 atom stereocenters. The lowest BCUT2D eigenvalue weighted by Crippen LogP contribution is -2.22. The van der Waals surface area contributed by atoms with Crippen LogP contribution in [0.2, 0.25) is 0 Å². The molecule has 0 aliphatic carbocycles. The lowest BCUT2D eigenvalue weighted by atomic mass is 10.2. The molecule has 0 radical (unpaired) electrons. The van der Waals surface area contributed by atoms with Crippen molar-refractivity contribution in [1.82, 2.24) is 4.90 Å². The highest BCUT2D eigenvalue weighted by Crippen LogP contribution is 2.46. The van der Waals surface area contributed by atoms with Crippen molar-refractivity contribution < 1.29 is 13.8 Å². The summed E-state index contributed by atoms with van der Waals surface area (Å²) >= 11 is 0. The normalized spacial score (nSPS) is 13.7. The van der Waals surface area contributed by atoms with Crippen molar-refractivity contribution in [2.24, 2.45) is 0 Å². The van der Waals surface area contributed by atoms with Crippen LogP contribution in [0, 0.1) is 6.92 Å². The molecule has 0 heterocycles. The summed E-state index contributed by atoms with van der Waals surface area (Å²) in [5.74, 6) is 1.32. The van der Waals surface area contributed by atoms with Gasteiger partial charge in [-0.3, -0.25) is 9.46 Å². The molecule has 2 aromatic carbocycles. The van der Waals surface area contributed by atoms with Crippen molar-refractivity contribution in [3.05, 3.63) is 54.1 Å². The van der Waals surface area contributed by atoms with Crippen LogP contribution in [0.4, 0.5) is 0 Å². The molecule has 2 rings (SSSR count). The molecule has 0 aromatic heterocycles. The van der Waals surface area contributed by atoms with E-state index in [0.717, 1.165) is 16.6 Å². The van der Waals surface area contributed by atoms with E-state index in [9.17, 15) is 4.57 Å². The average Bonchev–Trinajstić information content (AvgIpc) is 2.47. The van der Waals surface area contributed by atoms with Gasteiger partial charge in [-0.2, -0.15) is 0 Å². The first-order chi connectivity index (χ1) is 10.4. The van der Waals surface area contributed by atoms with Gasteiger partial charge in [0.25, 0.3) is 7.37 Å². The van der Waals surface area contributed by atoms with Crippen LogP contribution < -0.4 is 14.6 Å². The zero-order chi connectivity index (χ0) is 16.2. The summed E-state index contributed by atoms with van der Waals surface area (Å²) in [6.07, 6.45) is 0.349. The molecule has 22 heavy (non-hydrogen) atoms. The molecular weight excluding hydrogens is 297 g/mol. The number of nitrogens with zero attached hydrogens (tertiary/aromatic N) is 1. The second-order valence-electron chi connectivity index (χ2n) is 5.50. The topological polar surface area (TPSA) is 38.8 Å². The average molecular weight is 319 g/mol. The number of benzene rings is 2. The van der Waals surface area contributed by atoms with Crippen LogP contribution in [-0.2, 0) is 4.57 Å². The number of ether oxygens (including phenoxy) is 1. The van der Waals surface area contributed by atoms with E-state index in [4.69, 9.17) is 9.26 Å². The molecule has 118 valence electrons. The van der Waals surface area contributed by atoms with Crippen LogP contribution in [0.5, 0.6) is 11.5 Å². The minimum absolute atomic E-state index is 0.349. The third-order valence-corrected chi connectivity index (χ3v) is 5.74. The van der Waals surface area contributed by atoms with Crippen molar-refractivity contribution in [2.45, 2.75) is 6.92 Å². The Hall–Kier alpha value is -1.77. The molecule has 5 heteroatoms. The molecule has 4 nitrogen and oxygen atoms in total. The van der Waals surface area contributed by atoms with Gasteiger partial charge in [0.05, 0.1) is 13.4 Å². The van der Waals surface area contributed by atoms with Crippen LogP contribution in [0.15, 0.2) is 48.5 Å². The Morgan fingerprint density at radius 2 is 1.50 bits per heavy atom. The third kappa shape index (κ3) is 4.12. The summed E-state index contributed by atoms with van der Waals surface area (Å²) in [5, 5.41) is 0.725.